The molecule has 5 nitrogen and oxygen atoms in total. The van der Waals surface area contributed by atoms with Crippen LogP contribution in [0.15, 0.2) is 4.52 Å². The summed E-state index contributed by atoms with van der Waals surface area (Å²) in [7, 11) is 3.66. The lowest BCUT2D eigenvalue weighted by Gasteiger charge is -2.36. The van der Waals surface area contributed by atoms with E-state index in [1.165, 1.54) is 32.1 Å². The quantitative estimate of drug-likeness (QED) is 0.847. The highest BCUT2D eigenvalue weighted by atomic mass is 16.5. The molecular formula is C12H21N3O2. The number of nitrogens with one attached hydrogen (secondary N) is 1. The van der Waals surface area contributed by atoms with Gasteiger partial charge < -0.3 is 14.6 Å². The highest BCUT2D eigenvalue weighted by Crippen LogP contribution is 2.30. The van der Waals surface area contributed by atoms with Gasteiger partial charge in [-0.2, -0.15) is 4.98 Å². The third-order valence-electron chi connectivity index (χ3n) is 3.61. The van der Waals surface area contributed by atoms with Crippen LogP contribution in [0.5, 0.6) is 0 Å². The molecule has 1 N–H and O–H groups in total. The fourth-order valence-corrected chi connectivity index (χ4v) is 2.58. The number of nitrogens with zero attached hydrogens (tertiary/aromatic N) is 2. The predicted molar refractivity (Wildman–Crippen MR) is 63.6 cm³/mol. The summed E-state index contributed by atoms with van der Waals surface area (Å²) in [5.41, 5.74) is 0.148. The fraction of sp³-hybridized carbons (Fsp3) is 0.833. The molecule has 1 aliphatic carbocycles. The molecule has 0 saturated heterocycles. The van der Waals surface area contributed by atoms with Crippen molar-refractivity contribution in [2.75, 3.05) is 14.2 Å². The Kier molecular flexibility index (Phi) is 4.12. The Hall–Kier alpha value is -0.940. The first-order chi connectivity index (χ1) is 8.28. The summed E-state index contributed by atoms with van der Waals surface area (Å²) in [5, 5.41) is 7.35. The van der Waals surface area contributed by atoms with E-state index < -0.39 is 0 Å². The molecule has 0 unspecified atom stereocenters. The number of rotatable bonds is 5. The fourth-order valence-electron chi connectivity index (χ4n) is 2.58. The number of hydrogen-bond acceptors (Lipinski definition) is 5. The molecule has 0 aromatic carbocycles. The van der Waals surface area contributed by atoms with Crippen molar-refractivity contribution in [2.45, 2.75) is 50.7 Å². The van der Waals surface area contributed by atoms with Crippen LogP contribution in [0.25, 0.3) is 0 Å². The van der Waals surface area contributed by atoms with Crippen LogP contribution in [0, 0.1) is 0 Å². The van der Waals surface area contributed by atoms with Crippen LogP contribution >= 0.6 is 0 Å². The maximum atomic E-state index is 5.27. The first-order valence-electron chi connectivity index (χ1n) is 6.27. The van der Waals surface area contributed by atoms with Gasteiger partial charge in [0, 0.05) is 19.1 Å². The molecule has 0 bridgehead atoms. The first kappa shape index (κ1) is 12.5. The molecule has 0 aliphatic heterocycles. The largest absolute Gasteiger partial charge is 0.377 e. The standard InChI is InChI=1S/C12H21N3O2/c1-13-12(6-4-3-5-7-12)8-11-14-10(9-16-2)15-17-11/h13H,3-9H2,1-2H3. The summed E-state index contributed by atoms with van der Waals surface area (Å²) in [6.07, 6.45) is 7.08. The molecule has 1 aromatic rings. The van der Waals surface area contributed by atoms with Gasteiger partial charge in [0.25, 0.3) is 0 Å². The van der Waals surface area contributed by atoms with E-state index in [2.05, 4.69) is 15.5 Å². The summed E-state index contributed by atoms with van der Waals surface area (Å²) < 4.78 is 10.2. The van der Waals surface area contributed by atoms with Gasteiger partial charge in [-0.1, -0.05) is 24.4 Å². The topological polar surface area (TPSA) is 60.2 Å². The van der Waals surface area contributed by atoms with Gasteiger partial charge in [-0.3, -0.25) is 0 Å². The Morgan fingerprint density at radius 1 is 1.35 bits per heavy atom. The van der Waals surface area contributed by atoms with Crippen LogP contribution in [-0.2, 0) is 17.8 Å². The third kappa shape index (κ3) is 3.04. The molecule has 96 valence electrons. The lowest BCUT2D eigenvalue weighted by Crippen LogP contribution is -2.46. The lowest BCUT2D eigenvalue weighted by molar-refractivity contribution is 0.174. The van der Waals surface area contributed by atoms with E-state index in [9.17, 15) is 0 Å². The Bertz CT molecular complexity index is 345. The summed E-state index contributed by atoms with van der Waals surface area (Å²) in [6, 6.07) is 0. The molecule has 0 spiro atoms. The first-order valence-corrected chi connectivity index (χ1v) is 6.27. The predicted octanol–water partition coefficient (Wildman–Crippen LogP) is 1.68. The minimum absolute atomic E-state index is 0.148. The van der Waals surface area contributed by atoms with Crippen molar-refractivity contribution in [2.24, 2.45) is 0 Å². The molecule has 1 saturated carbocycles. The van der Waals surface area contributed by atoms with E-state index in [4.69, 9.17) is 9.26 Å². The SMILES string of the molecule is CNC1(Cc2nc(COC)no2)CCCCC1. The van der Waals surface area contributed by atoms with Gasteiger partial charge in [0.2, 0.25) is 5.89 Å². The van der Waals surface area contributed by atoms with Gasteiger partial charge in [-0.05, 0) is 19.9 Å². The number of ether oxygens (including phenoxy) is 1. The van der Waals surface area contributed by atoms with Crippen molar-refractivity contribution in [1.82, 2.24) is 15.5 Å². The van der Waals surface area contributed by atoms with Gasteiger partial charge in [0.1, 0.15) is 6.61 Å². The number of likely N-dealkylation sites (N-methyl/N-ethyl adjacent to an activating group) is 1. The molecule has 5 heteroatoms. The zero-order valence-electron chi connectivity index (χ0n) is 10.7. The van der Waals surface area contributed by atoms with Gasteiger partial charge in [0.05, 0.1) is 0 Å². The van der Waals surface area contributed by atoms with Crippen molar-refractivity contribution >= 4 is 0 Å². The van der Waals surface area contributed by atoms with Crippen molar-refractivity contribution in [1.29, 1.82) is 0 Å². The molecular weight excluding hydrogens is 218 g/mol. The molecule has 17 heavy (non-hydrogen) atoms. The molecule has 0 atom stereocenters. The molecule has 1 aromatic heterocycles. The average molecular weight is 239 g/mol. The molecule has 0 radical (unpaired) electrons. The van der Waals surface area contributed by atoms with E-state index in [1.807, 2.05) is 7.05 Å². The van der Waals surface area contributed by atoms with Gasteiger partial charge in [0.15, 0.2) is 5.82 Å². The highest BCUT2D eigenvalue weighted by molar-refractivity contribution is 4.98. The lowest BCUT2D eigenvalue weighted by atomic mass is 9.79. The zero-order valence-corrected chi connectivity index (χ0v) is 10.7. The maximum absolute atomic E-state index is 5.27. The minimum atomic E-state index is 0.148. The Balaban J connectivity index is 2.01. The zero-order chi connectivity index (χ0) is 12.1. The molecule has 1 heterocycles. The molecule has 0 amide bonds. The van der Waals surface area contributed by atoms with Crippen LogP contribution in [0.2, 0.25) is 0 Å². The summed E-state index contributed by atoms with van der Waals surface area (Å²) >= 11 is 0. The van der Waals surface area contributed by atoms with Crippen LogP contribution in [0.4, 0.5) is 0 Å². The molecule has 1 aliphatic rings. The molecule has 2 rings (SSSR count). The van der Waals surface area contributed by atoms with Gasteiger partial charge >= 0.3 is 0 Å². The highest BCUT2D eigenvalue weighted by Gasteiger charge is 2.32. The van der Waals surface area contributed by atoms with E-state index >= 15 is 0 Å². The number of methoxy groups -OCH3 is 1. The smallest absolute Gasteiger partial charge is 0.228 e. The van der Waals surface area contributed by atoms with E-state index in [1.54, 1.807) is 7.11 Å². The average Bonchev–Trinajstić information content (AvgIpc) is 2.78. The summed E-state index contributed by atoms with van der Waals surface area (Å²) in [4.78, 5) is 4.34. The summed E-state index contributed by atoms with van der Waals surface area (Å²) in [6.45, 7) is 0.413. The Morgan fingerprint density at radius 3 is 2.76 bits per heavy atom. The van der Waals surface area contributed by atoms with E-state index in [-0.39, 0.29) is 5.54 Å². The third-order valence-corrected chi connectivity index (χ3v) is 3.61. The summed E-state index contributed by atoms with van der Waals surface area (Å²) in [5.74, 6) is 1.35. The van der Waals surface area contributed by atoms with Crippen molar-refractivity contribution < 1.29 is 9.26 Å². The van der Waals surface area contributed by atoms with Crippen LogP contribution < -0.4 is 5.32 Å². The van der Waals surface area contributed by atoms with Crippen molar-refractivity contribution in [3.63, 3.8) is 0 Å². The van der Waals surface area contributed by atoms with Crippen LogP contribution in [0.3, 0.4) is 0 Å². The monoisotopic (exact) mass is 239 g/mol. The van der Waals surface area contributed by atoms with E-state index in [0.29, 0.717) is 18.3 Å². The van der Waals surface area contributed by atoms with Crippen LogP contribution in [0.1, 0.15) is 43.8 Å². The van der Waals surface area contributed by atoms with Gasteiger partial charge in [-0.25, -0.2) is 0 Å². The van der Waals surface area contributed by atoms with Crippen molar-refractivity contribution in [3.8, 4) is 0 Å². The minimum Gasteiger partial charge on any atom is -0.377 e. The molecule has 1 fully saturated rings. The van der Waals surface area contributed by atoms with Crippen molar-refractivity contribution in [3.05, 3.63) is 11.7 Å². The normalized spacial score (nSPS) is 19.4. The number of hydrogen-bond donors (Lipinski definition) is 1. The van der Waals surface area contributed by atoms with Gasteiger partial charge in [-0.15, -0.1) is 0 Å². The second-order valence-corrected chi connectivity index (χ2v) is 4.81. The second kappa shape index (κ2) is 5.60. The maximum Gasteiger partial charge on any atom is 0.228 e. The van der Waals surface area contributed by atoms with Crippen LogP contribution in [-0.4, -0.2) is 29.8 Å². The Labute approximate surface area is 102 Å². The van der Waals surface area contributed by atoms with E-state index in [0.717, 1.165) is 6.42 Å². The Morgan fingerprint density at radius 2 is 2.12 bits per heavy atom. The number of aromatic nitrogens is 2. The second-order valence-electron chi connectivity index (χ2n) is 4.81.